The Morgan fingerprint density at radius 2 is 2.06 bits per heavy atom. The summed E-state index contributed by atoms with van der Waals surface area (Å²) < 4.78 is 5.34. The van der Waals surface area contributed by atoms with E-state index in [0.717, 1.165) is 45.9 Å². The van der Waals surface area contributed by atoms with Crippen molar-refractivity contribution in [3.05, 3.63) is 0 Å². The van der Waals surface area contributed by atoms with Crippen LogP contribution < -0.4 is 11.1 Å². The number of morpholine rings is 1. The van der Waals surface area contributed by atoms with Gasteiger partial charge in [0.25, 0.3) is 0 Å². The van der Waals surface area contributed by atoms with Gasteiger partial charge in [-0.1, -0.05) is 6.42 Å². The molecule has 2 rings (SSSR count). The topological polar surface area (TPSA) is 50.5 Å². The highest BCUT2D eigenvalue weighted by molar-refractivity contribution is 4.83. The third kappa shape index (κ3) is 3.42. The Kier molecular flexibility index (Phi) is 5.03. The standard InChI is InChI=1S/C12H25N3O/c13-10-11-2-1-3-12(11)14-4-5-15-6-8-16-9-7-15/h11-12,14H,1-10,13H2. The predicted octanol–water partition coefficient (Wildman–Crippen LogP) is 0.0356. The molecule has 4 heteroatoms. The molecule has 94 valence electrons. The van der Waals surface area contributed by atoms with Crippen LogP contribution in [0.15, 0.2) is 0 Å². The number of nitrogens with zero attached hydrogens (tertiary/aromatic N) is 1. The number of nitrogens with one attached hydrogen (secondary N) is 1. The van der Waals surface area contributed by atoms with Crippen LogP contribution in [0, 0.1) is 5.92 Å². The minimum Gasteiger partial charge on any atom is -0.379 e. The molecule has 1 aliphatic carbocycles. The molecule has 16 heavy (non-hydrogen) atoms. The minimum absolute atomic E-state index is 0.672. The zero-order valence-corrected chi connectivity index (χ0v) is 10.2. The molecule has 0 aromatic carbocycles. The maximum absolute atomic E-state index is 5.77. The van der Waals surface area contributed by atoms with Crippen LogP contribution in [0.1, 0.15) is 19.3 Å². The molecule has 0 aromatic rings. The first-order valence-corrected chi connectivity index (χ1v) is 6.63. The van der Waals surface area contributed by atoms with Crippen molar-refractivity contribution in [2.75, 3.05) is 45.9 Å². The van der Waals surface area contributed by atoms with Crippen molar-refractivity contribution < 1.29 is 4.74 Å². The van der Waals surface area contributed by atoms with Gasteiger partial charge in [0, 0.05) is 32.2 Å². The molecule has 1 saturated carbocycles. The Hall–Kier alpha value is -0.160. The Morgan fingerprint density at radius 3 is 2.81 bits per heavy atom. The van der Waals surface area contributed by atoms with Crippen molar-refractivity contribution in [3.8, 4) is 0 Å². The molecular weight excluding hydrogens is 202 g/mol. The van der Waals surface area contributed by atoms with E-state index in [2.05, 4.69) is 10.2 Å². The summed E-state index contributed by atoms with van der Waals surface area (Å²) in [5.41, 5.74) is 5.77. The van der Waals surface area contributed by atoms with Crippen LogP contribution in [-0.4, -0.2) is 56.9 Å². The molecule has 0 radical (unpaired) electrons. The Bertz CT molecular complexity index is 195. The summed E-state index contributed by atoms with van der Waals surface area (Å²) in [5, 5.41) is 3.67. The fraction of sp³-hybridized carbons (Fsp3) is 1.00. The van der Waals surface area contributed by atoms with Crippen molar-refractivity contribution in [1.82, 2.24) is 10.2 Å². The molecule has 1 heterocycles. The summed E-state index contributed by atoms with van der Waals surface area (Å²) in [6.45, 7) is 7.07. The smallest absolute Gasteiger partial charge is 0.0594 e. The van der Waals surface area contributed by atoms with Gasteiger partial charge in [0.05, 0.1) is 13.2 Å². The number of rotatable bonds is 5. The van der Waals surface area contributed by atoms with E-state index in [4.69, 9.17) is 10.5 Å². The molecular formula is C12H25N3O. The number of nitrogens with two attached hydrogens (primary N) is 1. The molecule has 4 nitrogen and oxygen atoms in total. The minimum atomic E-state index is 0.672. The third-order valence-electron chi connectivity index (χ3n) is 3.90. The molecule has 0 amide bonds. The van der Waals surface area contributed by atoms with Gasteiger partial charge in [-0.15, -0.1) is 0 Å². The molecule has 2 atom stereocenters. The van der Waals surface area contributed by atoms with E-state index in [9.17, 15) is 0 Å². The van der Waals surface area contributed by atoms with Crippen LogP contribution in [0.3, 0.4) is 0 Å². The quantitative estimate of drug-likeness (QED) is 0.696. The lowest BCUT2D eigenvalue weighted by molar-refractivity contribution is 0.0380. The predicted molar refractivity (Wildman–Crippen MR) is 65.4 cm³/mol. The van der Waals surface area contributed by atoms with E-state index in [1.165, 1.54) is 19.3 Å². The zero-order chi connectivity index (χ0) is 11.2. The normalized spacial score (nSPS) is 32.1. The van der Waals surface area contributed by atoms with Crippen molar-refractivity contribution in [1.29, 1.82) is 0 Å². The van der Waals surface area contributed by atoms with Gasteiger partial charge in [-0.2, -0.15) is 0 Å². The fourth-order valence-corrected chi connectivity index (χ4v) is 2.82. The summed E-state index contributed by atoms with van der Waals surface area (Å²) >= 11 is 0. The zero-order valence-electron chi connectivity index (χ0n) is 10.2. The lowest BCUT2D eigenvalue weighted by Gasteiger charge is -2.28. The molecule has 0 bridgehead atoms. The van der Waals surface area contributed by atoms with E-state index >= 15 is 0 Å². The van der Waals surface area contributed by atoms with Crippen molar-refractivity contribution in [2.24, 2.45) is 11.7 Å². The average molecular weight is 227 g/mol. The van der Waals surface area contributed by atoms with Gasteiger partial charge in [0.1, 0.15) is 0 Å². The van der Waals surface area contributed by atoms with E-state index in [1.54, 1.807) is 0 Å². The van der Waals surface area contributed by atoms with E-state index in [-0.39, 0.29) is 0 Å². The summed E-state index contributed by atoms with van der Waals surface area (Å²) in [4.78, 5) is 2.48. The van der Waals surface area contributed by atoms with E-state index in [0.29, 0.717) is 12.0 Å². The van der Waals surface area contributed by atoms with Gasteiger partial charge >= 0.3 is 0 Å². The Balaban J connectivity index is 1.59. The van der Waals surface area contributed by atoms with Crippen LogP contribution in [-0.2, 0) is 4.74 Å². The van der Waals surface area contributed by atoms with Crippen LogP contribution in [0.25, 0.3) is 0 Å². The molecule has 0 aromatic heterocycles. The lowest BCUT2D eigenvalue weighted by atomic mass is 10.0. The van der Waals surface area contributed by atoms with Crippen LogP contribution >= 0.6 is 0 Å². The van der Waals surface area contributed by atoms with Gasteiger partial charge < -0.3 is 15.8 Å². The molecule has 0 spiro atoms. The first-order chi connectivity index (χ1) is 7.90. The largest absolute Gasteiger partial charge is 0.379 e. The van der Waals surface area contributed by atoms with Crippen LogP contribution in [0.4, 0.5) is 0 Å². The van der Waals surface area contributed by atoms with E-state index < -0.39 is 0 Å². The molecule has 1 saturated heterocycles. The maximum Gasteiger partial charge on any atom is 0.0594 e. The number of ether oxygens (including phenoxy) is 1. The first kappa shape index (κ1) is 12.3. The van der Waals surface area contributed by atoms with Crippen LogP contribution in [0.5, 0.6) is 0 Å². The highest BCUT2D eigenvalue weighted by Gasteiger charge is 2.25. The monoisotopic (exact) mass is 227 g/mol. The highest BCUT2D eigenvalue weighted by Crippen LogP contribution is 2.24. The summed E-state index contributed by atoms with van der Waals surface area (Å²) in [5.74, 6) is 0.713. The Labute approximate surface area is 98.5 Å². The second-order valence-electron chi connectivity index (χ2n) is 4.94. The molecule has 1 aliphatic heterocycles. The van der Waals surface area contributed by atoms with Crippen molar-refractivity contribution in [3.63, 3.8) is 0 Å². The van der Waals surface area contributed by atoms with Gasteiger partial charge in [-0.05, 0) is 25.3 Å². The average Bonchev–Trinajstić information content (AvgIpc) is 2.78. The van der Waals surface area contributed by atoms with Crippen molar-refractivity contribution in [2.45, 2.75) is 25.3 Å². The van der Waals surface area contributed by atoms with Gasteiger partial charge in [-0.3, -0.25) is 4.90 Å². The third-order valence-corrected chi connectivity index (χ3v) is 3.90. The van der Waals surface area contributed by atoms with Gasteiger partial charge in [-0.25, -0.2) is 0 Å². The fourth-order valence-electron chi connectivity index (χ4n) is 2.82. The van der Waals surface area contributed by atoms with Crippen LogP contribution in [0.2, 0.25) is 0 Å². The molecule has 2 aliphatic rings. The van der Waals surface area contributed by atoms with E-state index in [1.807, 2.05) is 0 Å². The second-order valence-corrected chi connectivity index (χ2v) is 4.94. The highest BCUT2D eigenvalue weighted by atomic mass is 16.5. The number of hydrogen-bond donors (Lipinski definition) is 2. The first-order valence-electron chi connectivity index (χ1n) is 6.63. The van der Waals surface area contributed by atoms with Crippen molar-refractivity contribution >= 4 is 0 Å². The maximum atomic E-state index is 5.77. The summed E-state index contributed by atoms with van der Waals surface area (Å²) in [6.07, 6.45) is 3.97. The second kappa shape index (κ2) is 6.55. The molecule has 2 unspecified atom stereocenters. The van der Waals surface area contributed by atoms with Gasteiger partial charge in [0.15, 0.2) is 0 Å². The summed E-state index contributed by atoms with van der Waals surface area (Å²) in [6, 6.07) is 0.672. The Morgan fingerprint density at radius 1 is 1.25 bits per heavy atom. The van der Waals surface area contributed by atoms with Gasteiger partial charge in [0.2, 0.25) is 0 Å². The SMILES string of the molecule is NCC1CCCC1NCCN1CCOCC1. The number of hydrogen-bond acceptors (Lipinski definition) is 4. The molecule has 2 fully saturated rings. The molecule has 3 N–H and O–H groups in total. The lowest BCUT2D eigenvalue weighted by Crippen LogP contribution is -2.43. The summed E-state index contributed by atoms with van der Waals surface area (Å²) in [7, 11) is 0.